The Kier molecular flexibility index (Phi) is 6.16. The number of aromatic hydroxyl groups is 1. The summed E-state index contributed by atoms with van der Waals surface area (Å²) in [6.45, 7) is 8.09. The van der Waals surface area contributed by atoms with E-state index >= 15 is 0 Å². The highest BCUT2D eigenvalue weighted by Crippen LogP contribution is 2.43. The molecule has 1 atom stereocenters. The third kappa shape index (κ3) is 4.03. The normalized spacial score (nSPS) is 17.3. The molecule has 0 saturated carbocycles. The molecule has 1 aliphatic rings. The van der Waals surface area contributed by atoms with E-state index in [1.807, 2.05) is 45.9 Å². The second kappa shape index (κ2) is 9.06. The van der Waals surface area contributed by atoms with Crippen LogP contribution in [-0.2, 0) is 9.59 Å². The number of ketones is 1. The van der Waals surface area contributed by atoms with Gasteiger partial charge in [0.1, 0.15) is 17.3 Å². The Labute approximate surface area is 198 Å². The lowest BCUT2D eigenvalue weighted by Crippen LogP contribution is -2.30. The number of benzene rings is 3. The van der Waals surface area contributed by atoms with Gasteiger partial charge in [-0.1, -0.05) is 29.8 Å². The lowest BCUT2D eigenvalue weighted by atomic mass is 9.94. The number of nitrogens with zero attached hydrogens (tertiary/aromatic N) is 1. The highest BCUT2D eigenvalue weighted by Gasteiger charge is 2.47. The average molecular weight is 458 g/mol. The van der Waals surface area contributed by atoms with E-state index in [0.29, 0.717) is 29.2 Å². The lowest BCUT2D eigenvalue weighted by Gasteiger charge is -2.27. The minimum absolute atomic E-state index is 0.000718. The van der Waals surface area contributed by atoms with Crippen molar-refractivity contribution in [2.45, 2.75) is 33.7 Å². The van der Waals surface area contributed by atoms with E-state index in [2.05, 4.69) is 0 Å². The van der Waals surface area contributed by atoms with E-state index in [1.54, 1.807) is 30.3 Å². The highest BCUT2D eigenvalue weighted by molar-refractivity contribution is 6.51. The van der Waals surface area contributed by atoms with E-state index in [0.717, 1.165) is 16.7 Å². The van der Waals surface area contributed by atoms with Gasteiger partial charge in [-0.3, -0.25) is 14.5 Å². The number of hydrogen-bond donors (Lipinski definition) is 2. The van der Waals surface area contributed by atoms with Gasteiger partial charge in [0, 0.05) is 11.3 Å². The van der Waals surface area contributed by atoms with Gasteiger partial charge in [-0.2, -0.15) is 0 Å². The van der Waals surface area contributed by atoms with Crippen LogP contribution in [0.1, 0.15) is 40.8 Å². The number of Topliss-reactive ketones (excluding diaryl/α,β-unsaturated/α-hetero) is 1. The number of aliphatic hydroxyl groups is 1. The van der Waals surface area contributed by atoms with Gasteiger partial charge < -0.3 is 14.9 Å². The topological polar surface area (TPSA) is 87.1 Å². The number of aryl methyl sites for hydroxylation is 3. The number of ether oxygens (including phenoxy) is 1. The summed E-state index contributed by atoms with van der Waals surface area (Å²) in [7, 11) is 0. The summed E-state index contributed by atoms with van der Waals surface area (Å²) in [5.74, 6) is -0.981. The molecule has 1 unspecified atom stereocenters. The van der Waals surface area contributed by atoms with Gasteiger partial charge in [0.05, 0.1) is 18.2 Å². The van der Waals surface area contributed by atoms with Gasteiger partial charge in [-0.05, 0) is 80.8 Å². The van der Waals surface area contributed by atoms with Crippen molar-refractivity contribution in [3.63, 3.8) is 0 Å². The van der Waals surface area contributed by atoms with Gasteiger partial charge in [0.2, 0.25) is 0 Å². The van der Waals surface area contributed by atoms with Crippen LogP contribution in [0.15, 0.2) is 66.2 Å². The van der Waals surface area contributed by atoms with Gasteiger partial charge in [-0.25, -0.2) is 0 Å². The summed E-state index contributed by atoms with van der Waals surface area (Å²) >= 11 is 0. The maximum absolute atomic E-state index is 13.3. The van der Waals surface area contributed by atoms with Crippen LogP contribution >= 0.6 is 0 Å². The van der Waals surface area contributed by atoms with Gasteiger partial charge in [-0.15, -0.1) is 0 Å². The fourth-order valence-corrected chi connectivity index (χ4v) is 4.40. The van der Waals surface area contributed by atoms with Crippen LogP contribution in [0.3, 0.4) is 0 Å². The molecule has 174 valence electrons. The SMILES string of the molecule is CCOc1ccc(/C(O)=C2\C(=O)C(=O)N(c3ccc(C)cc3C)C2c2ccc(O)cc2)cc1C. The van der Waals surface area contributed by atoms with Crippen molar-refractivity contribution in [3.05, 3.63) is 94.1 Å². The third-order valence-corrected chi connectivity index (χ3v) is 6.01. The van der Waals surface area contributed by atoms with Crippen LogP contribution in [0.5, 0.6) is 11.5 Å². The zero-order chi connectivity index (χ0) is 24.6. The maximum Gasteiger partial charge on any atom is 0.300 e. The van der Waals surface area contributed by atoms with Gasteiger partial charge in [0.15, 0.2) is 0 Å². The first kappa shape index (κ1) is 23.1. The molecular formula is C28H27NO5. The second-order valence-corrected chi connectivity index (χ2v) is 8.46. The zero-order valence-corrected chi connectivity index (χ0v) is 19.6. The Bertz CT molecular complexity index is 1310. The Morgan fingerprint density at radius 3 is 2.26 bits per heavy atom. The molecule has 6 heteroatoms. The molecule has 3 aromatic rings. The Hall–Kier alpha value is -4.06. The number of anilines is 1. The molecule has 2 N–H and O–H groups in total. The monoisotopic (exact) mass is 457 g/mol. The molecule has 1 saturated heterocycles. The van der Waals surface area contributed by atoms with Gasteiger partial charge in [0.25, 0.3) is 11.7 Å². The van der Waals surface area contributed by atoms with E-state index in [1.165, 1.54) is 17.0 Å². The van der Waals surface area contributed by atoms with E-state index < -0.39 is 17.7 Å². The van der Waals surface area contributed by atoms with E-state index in [9.17, 15) is 19.8 Å². The molecule has 1 amide bonds. The molecule has 0 radical (unpaired) electrons. The van der Waals surface area contributed by atoms with Crippen LogP contribution in [0.2, 0.25) is 0 Å². The number of phenols is 1. The molecule has 0 spiro atoms. The lowest BCUT2D eigenvalue weighted by molar-refractivity contribution is -0.132. The molecule has 0 bridgehead atoms. The van der Waals surface area contributed by atoms with Crippen molar-refractivity contribution < 1.29 is 24.5 Å². The number of amides is 1. The first-order valence-electron chi connectivity index (χ1n) is 11.1. The minimum Gasteiger partial charge on any atom is -0.508 e. The van der Waals surface area contributed by atoms with Crippen LogP contribution in [0.25, 0.3) is 5.76 Å². The quantitative estimate of drug-likeness (QED) is 0.307. The molecule has 0 aliphatic carbocycles. The Balaban J connectivity index is 1.93. The third-order valence-electron chi connectivity index (χ3n) is 6.01. The van der Waals surface area contributed by atoms with Gasteiger partial charge >= 0.3 is 0 Å². The van der Waals surface area contributed by atoms with Crippen LogP contribution in [0, 0.1) is 20.8 Å². The van der Waals surface area contributed by atoms with Crippen LogP contribution in [-0.4, -0.2) is 28.5 Å². The number of rotatable bonds is 5. The Morgan fingerprint density at radius 2 is 1.65 bits per heavy atom. The zero-order valence-electron chi connectivity index (χ0n) is 19.6. The molecule has 4 rings (SSSR count). The molecule has 1 heterocycles. The number of carbonyl (C=O) groups excluding carboxylic acids is 2. The number of carbonyl (C=O) groups is 2. The number of phenolic OH excluding ortho intramolecular Hbond substituents is 1. The molecular weight excluding hydrogens is 430 g/mol. The molecule has 1 aliphatic heterocycles. The van der Waals surface area contributed by atoms with Crippen molar-refractivity contribution in [3.8, 4) is 11.5 Å². The first-order valence-corrected chi connectivity index (χ1v) is 11.1. The van der Waals surface area contributed by atoms with E-state index in [4.69, 9.17) is 4.74 Å². The Morgan fingerprint density at radius 1 is 0.941 bits per heavy atom. The first-order chi connectivity index (χ1) is 16.2. The fourth-order valence-electron chi connectivity index (χ4n) is 4.40. The molecule has 34 heavy (non-hydrogen) atoms. The summed E-state index contributed by atoms with van der Waals surface area (Å²) in [5.41, 5.74) is 4.28. The van der Waals surface area contributed by atoms with Crippen LogP contribution < -0.4 is 9.64 Å². The molecule has 6 nitrogen and oxygen atoms in total. The van der Waals surface area contributed by atoms with Crippen molar-refractivity contribution in [1.82, 2.24) is 0 Å². The summed E-state index contributed by atoms with van der Waals surface area (Å²) in [6, 6.07) is 16.2. The minimum atomic E-state index is -0.853. The van der Waals surface area contributed by atoms with Crippen molar-refractivity contribution >= 4 is 23.1 Å². The molecule has 1 fully saturated rings. The maximum atomic E-state index is 13.3. The standard InChI is InChI=1S/C28H27NO5/c1-5-34-23-13-9-20(15-18(23)4)26(31)24-25(19-7-10-21(30)11-8-19)29(28(33)27(24)32)22-12-6-16(2)14-17(22)3/h6-15,25,30-31H,5H2,1-4H3/b26-24+. The summed E-state index contributed by atoms with van der Waals surface area (Å²) < 4.78 is 5.58. The summed E-state index contributed by atoms with van der Waals surface area (Å²) in [6.07, 6.45) is 0. The van der Waals surface area contributed by atoms with Crippen LogP contribution in [0.4, 0.5) is 5.69 Å². The van der Waals surface area contributed by atoms with E-state index in [-0.39, 0.29) is 17.1 Å². The average Bonchev–Trinajstić information content (AvgIpc) is 3.06. The number of aliphatic hydroxyl groups excluding tert-OH is 1. The second-order valence-electron chi connectivity index (χ2n) is 8.46. The van der Waals surface area contributed by atoms with Crippen molar-refractivity contribution in [2.75, 3.05) is 11.5 Å². The summed E-state index contributed by atoms with van der Waals surface area (Å²) in [4.78, 5) is 28.0. The predicted molar refractivity (Wildman–Crippen MR) is 131 cm³/mol. The summed E-state index contributed by atoms with van der Waals surface area (Å²) in [5, 5.41) is 21.1. The smallest absolute Gasteiger partial charge is 0.300 e. The predicted octanol–water partition coefficient (Wildman–Crippen LogP) is 5.34. The molecule has 0 aromatic heterocycles. The fraction of sp³-hybridized carbons (Fsp3) is 0.214. The number of hydrogen-bond acceptors (Lipinski definition) is 5. The highest BCUT2D eigenvalue weighted by atomic mass is 16.5. The van der Waals surface area contributed by atoms with Crippen molar-refractivity contribution in [2.24, 2.45) is 0 Å². The molecule has 3 aromatic carbocycles. The largest absolute Gasteiger partial charge is 0.508 e. The van der Waals surface area contributed by atoms with Crippen molar-refractivity contribution in [1.29, 1.82) is 0 Å².